The van der Waals surface area contributed by atoms with Gasteiger partial charge in [0.2, 0.25) is 0 Å². The smallest absolute Gasteiger partial charge is 0.291 e. The summed E-state index contributed by atoms with van der Waals surface area (Å²) >= 11 is 6.85. The van der Waals surface area contributed by atoms with E-state index >= 15 is 0 Å². The van der Waals surface area contributed by atoms with Crippen LogP contribution >= 0.6 is 31.9 Å². The van der Waals surface area contributed by atoms with Crippen LogP contribution in [0.3, 0.4) is 0 Å². The quantitative estimate of drug-likeness (QED) is 0.810. The Morgan fingerprint density at radius 2 is 1.78 bits per heavy atom. The fourth-order valence-electron chi connectivity index (χ4n) is 1.74. The Labute approximate surface area is 122 Å². The molecule has 0 aliphatic heterocycles. The number of hydrogen-bond donors (Lipinski definition) is 0. The highest BCUT2D eigenvalue weighted by molar-refractivity contribution is 9.10. The SMILES string of the molecule is Cc1nc(=O)n(Cc2ccc(Br)cc2)c(C)c1Br. The molecule has 1 aromatic carbocycles. The molecule has 3 nitrogen and oxygen atoms in total. The minimum Gasteiger partial charge on any atom is -0.291 e. The van der Waals surface area contributed by atoms with Gasteiger partial charge in [-0.2, -0.15) is 4.98 Å². The second-order valence-electron chi connectivity index (χ2n) is 4.09. The Balaban J connectivity index is 2.44. The Morgan fingerprint density at radius 1 is 1.17 bits per heavy atom. The van der Waals surface area contributed by atoms with Crippen molar-refractivity contribution in [1.82, 2.24) is 9.55 Å². The second-order valence-corrected chi connectivity index (χ2v) is 5.80. The van der Waals surface area contributed by atoms with E-state index in [-0.39, 0.29) is 5.69 Å². The summed E-state index contributed by atoms with van der Waals surface area (Å²) in [6, 6.07) is 7.91. The van der Waals surface area contributed by atoms with E-state index in [4.69, 9.17) is 0 Å². The minimum atomic E-state index is -0.212. The number of benzene rings is 1. The van der Waals surface area contributed by atoms with E-state index in [1.165, 1.54) is 0 Å². The third-order valence-corrected chi connectivity index (χ3v) is 4.46. The van der Waals surface area contributed by atoms with Crippen molar-refractivity contribution in [3.8, 4) is 0 Å². The van der Waals surface area contributed by atoms with Crippen molar-refractivity contribution in [1.29, 1.82) is 0 Å². The number of aryl methyl sites for hydroxylation is 1. The van der Waals surface area contributed by atoms with Crippen molar-refractivity contribution in [2.45, 2.75) is 20.4 Å². The van der Waals surface area contributed by atoms with Gasteiger partial charge in [0.05, 0.1) is 16.7 Å². The molecule has 94 valence electrons. The van der Waals surface area contributed by atoms with Gasteiger partial charge >= 0.3 is 5.69 Å². The van der Waals surface area contributed by atoms with E-state index in [0.717, 1.165) is 25.9 Å². The molecule has 0 fully saturated rings. The average Bonchev–Trinajstić information content (AvgIpc) is 2.34. The van der Waals surface area contributed by atoms with E-state index in [1.54, 1.807) is 4.57 Å². The molecular formula is C13H12Br2N2O. The Bertz CT molecular complexity index is 633. The highest BCUT2D eigenvalue weighted by Crippen LogP contribution is 2.18. The van der Waals surface area contributed by atoms with Crippen LogP contribution in [-0.4, -0.2) is 9.55 Å². The first kappa shape index (κ1) is 13.5. The number of rotatable bonds is 2. The summed E-state index contributed by atoms with van der Waals surface area (Å²) in [5.41, 5.74) is 2.48. The van der Waals surface area contributed by atoms with Crippen LogP contribution in [0.2, 0.25) is 0 Å². The molecule has 18 heavy (non-hydrogen) atoms. The van der Waals surface area contributed by atoms with E-state index in [1.807, 2.05) is 38.1 Å². The summed E-state index contributed by atoms with van der Waals surface area (Å²) in [6.45, 7) is 4.27. The van der Waals surface area contributed by atoms with Crippen molar-refractivity contribution in [3.05, 3.63) is 60.6 Å². The van der Waals surface area contributed by atoms with Crippen LogP contribution in [0.1, 0.15) is 17.0 Å². The molecule has 0 aliphatic carbocycles. The molecule has 2 aromatic rings. The van der Waals surface area contributed by atoms with Gasteiger partial charge in [0.1, 0.15) is 0 Å². The molecule has 0 bridgehead atoms. The Morgan fingerprint density at radius 3 is 2.39 bits per heavy atom. The van der Waals surface area contributed by atoms with Gasteiger partial charge in [-0.1, -0.05) is 28.1 Å². The highest BCUT2D eigenvalue weighted by atomic mass is 79.9. The van der Waals surface area contributed by atoms with Crippen molar-refractivity contribution in [3.63, 3.8) is 0 Å². The molecule has 0 spiro atoms. The lowest BCUT2D eigenvalue weighted by Crippen LogP contribution is -2.26. The van der Waals surface area contributed by atoms with Gasteiger partial charge in [-0.05, 0) is 47.5 Å². The van der Waals surface area contributed by atoms with Crippen LogP contribution in [0.5, 0.6) is 0 Å². The van der Waals surface area contributed by atoms with Gasteiger partial charge in [-0.15, -0.1) is 0 Å². The van der Waals surface area contributed by atoms with Crippen LogP contribution in [0.15, 0.2) is 38.0 Å². The molecule has 2 rings (SSSR count). The van der Waals surface area contributed by atoms with Gasteiger partial charge in [0, 0.05) is 10.2 Å². The summed E-state index contributed by atoms with van der Waals surface area (Å²) in [5.74, 6) is 0. The number of hydrogen-bond acceptors (Lipinski definition) is 2. The maximum Gasteiger partial charge on any atom is 0.348 e. The lowest BCUT2D eigenvalue weighted by atomic mass is 10.2. The maximum absolute atomic E-state index is 11.9. The van der Waals surface area contributed by atoms with E-state index in [9.17, 15) is 4.79 Å². The van der Waals surface area contributed by atoms with Crippen LogP contribution in [0, 0.1) is 13.8 Å². The van der Waals surface area contributed by atoms with Gasteiger partial charge < -0.3 is 0 Å². The zero-order valence-corrected chi connectivity index (χ0v) is 13.2. The van der Waals surface area contributed by atoms with Crippen molar-refractivity contribution in [2.24, 2.45) is 0 Å². The molecule has 0 amide bonds. The minimum absolute atomic E-state index is 0.212. The number of nitrogens with zero attached hydrogens (tertiary/aromatic N) is 2. The van der Waals surface area contributed by atoms with Gasteiger partial charge in [-0.3, -0.25) is 4.57 Å². The molecule has 0 radical (unpaired) electrons. The zero-order chi connectivity index (χ0) is 13.3. The molecule has 0 unspecified atom stereocenters. The first-order valence-electron chi connectivity index (χ1n) is 5.47. The molecule has 0 N–H and O–H groups in total. The normalized spacial score (nSPS) is 10.7. The predicted molar refractivity (Wildman–Crippen MR) is 78.9 cm³/mol. The highest BCUT2D eigenvalue weighted by Gasteiger charge is 2.09. The maximum atomic E-state index is 11.9. The zero-order valence-electron chi connectivity index (χ0n) is 10.1. The lowest BCUT2D eigenvalue weighted by Gasteiger charge is -2.12. The van der Waals surface area contributed by atoms with Crippen LogP contribution in [0.4, 0.5) is 0 Å². The van der Waals surface area contributed by atoms with E-state index in [0.29, 0.717) is 6.54 Å². The van der Waals surface area contributed by atoms with Crippen molar-refractivity contribution >= 4 is 31.9 Å². The fraction of sp³-hybridized carbons (Fsp3) is 0.231. The fourth-order valence-corrected chi connectivity index (χ4v) is 2.30. The third-order valence-electron chi connectivity index (χ3n) is 2.79. The van der Waals surface area contributed by atoms with Crippen LogP contribution in [0.25, 0.3) is 0 Å². The molecule has 0 saturated heterocycles. The molecule has 1 aromatic heterocycles. The molecule has 0 saturated carbocycles. The van der Waals surface area contributed by atoms with Crippen LogP contribution in [-0.2, 0) is 6.54 Å². The first-order chi connectivity index (χ1) is 8.49. The first-order valence-corrected chi connectivity index (χ1v) is 7.05. The lowest BCUT2D eigenvalue weighted by molar-refractivity contribution is 0.688. The van der Waals surface area contributed by atoms with Crippen molar-refractivity contribution < 1.29 is 0 Å². The predicted octanol–water partition coefficient (Wildman–Crippen LogP) is 3.43. The molecule has 1 heterocycles. The van der Waals surface area contributed by atoms with Gasteiger partial charge in [-0.25, -0.2) is 4.79 Å². The monoisotopic (exact) mass is 370 g/mol. The molecule has 5 heteroatoms. The second kappa shape index (κ2) is 5.36. The Hall–Kier alpha value is -0.940. The average molecular weight is 372 g/mol. The Kier molecular flexibility index (Phi) is 4.02. The van der Waals surface area contributed by atoms with Gasteiger partial charge in [0.15, 0.2) is 0 Å². The molecule has 0 aliphatic rings. The summed E-state index contributed by atoms with van der Waals surface area (Å²) in [6.07, 6.45) is 0. The van der Waals surface area contributed by atoms with E-state index < -0.39 is 0 Å². The standard InChI is InChI=1S/C13H12Br2N2O/c1-8-12(15)9(2)17(13(18)16-8)7-10-3-5-11(14)6-4-10/h3-6H,7H2,1-2H3. The number of aromatic nitrogens is 2. The largest absolute Gasteiger partial charge is 0.348 e. The summed E-state index contributed by atoms with van der Waals surface area (Å²) in [5, 5.41) is 0. The van der Waals surface area contributed by atoms with Crippen molar-refractivity contribution in [2.75, 3.05) is 0 Å². The summed E-state index contributed by atoms with van der Waals surface area (Å²) in [7, 11) is 0. The molecule has 0 atom stereocenters. The topological polar surface area (TPSA) is 34.9 Å². The third kappa shape index (κ3) is 2.72. The van der Waals surface area contributed by atoms with Gasteiger partial charge in [0.25, 0.3) is 0 Å². The molecular weight excluding hydrogens is 360 g/mol. The van der Waals surface area contributed by atoms with Crippen LogP contribution < -0.4 is 5.69 Å². The number of halogens is 2. The van der Waals surface area contributed by atoms with E-state index in [2.05, 4.69) is 36.8 Å². The summed E-state index contributed by atoms with van der Waals surface area (Å²) in [4.78, 5) is 15.9. The summed E-state index contributed by atoms with van der Waals surface area (Å²) < 4.78 is 3.58.